The molecule has 4 aromatic carbocycles. The molecule has 0 fully saturated rings. The Bertz CT molecular complexity index is 2340. The van der Waals surface area contributed by atoms with E-state index >= 15 is 0 Å². The van der Waals surface area contributed by atoms with Crippen LogP contribution in [0.1, 0.15) is 31.8 Å². The third kappa shape index (κ3) is 6.62. The van der Waals surface area contributed by atoms with Crippen LogP contribution >= 0.6 is 0 Å². The topological polar surface area (TPSA) is 300 Å². The highest BCUT2D eigenvalue weighted by Crippen LogP contribution is 2.45. The molecule has 268 valence electrons. The van der Waals surface area contributed by atoms with Gasteiger partial charge in [-0.15, -0.1) is 0 Å². The SMILES string of the molecule is N[C@@H](Cc1c[nH]c2ccccc12)C(=O)c1c([N+](=O)[O-])ccc(Oc2ccc([N+](=O)[O-])c(C(=O)[C@@H](N)Cc3c[nH]c4ccccc34)c2[N+](=O)[O-])c1[N+](=O)[O-]. The van der Waals surface area contributed by atoms with Crippen molar-refractivity contribution in [2.24, 2.45) is 11.5 Å². The third-order valence-electron chi connectivity index (χ3n) is 8.61. The van der Waals surface area contributed by atoms with Gasteiger partial charge in [-0.05, 0) is 48.2 Å². The first-order valence-corrected chi connectivity index (χ1v) is 15.6. The van der Waals surface area contributed by atoms with Crippen LogP contribution in [0.15, 0.2) is 85.2 Å². The van der Waals surface area contributed by atoms with E-state index in [1.807, 2.05) is 0 Å². The van der Waals surface area contributed by atoms with Crippen molar-refractivity contribution in [2.45, 2.75) is 24.9 Å². The van der Waals surface area contributed by atoms with Crippen LogP contribution in [0.4, 0.5) is 22.7 Å². The summed E-state index contributed by atoms with van der Waals surface area (Å²) in [7, 11) is 0. The molecule has 2 atom stereocenters. The number of para-hydroxylation sites is 2. The summed E-state index contributed by atoms with van der Waals surface area (Å²) in [6.07, 6.45) is 2.75. The Hall–Kier alpha value is -7.38. The number of carbonyl (C=O) groups is 2. The van der Waals surface area contributed by atoms with Crippen LogP contribution in [0.3, 0.4) is 0 Å². The number of fused-ring (bicyclic) bond motifs is 2. The second-order valence-corrected chi connectivity index (χ2v) is 11.8. The maximum Gasteiger partial charge on any atom is 0.329 e. The average Bonchev–Trinajstić information content (AvgIpc) is 3.73. The van der Waals surface area contributed by atoms with E-state index < -0.39 is 88.7 Å². The number of nitro groups is 4. The predicted octanol–water partition coefficient (Wildman–Crippen LogP) is 5.58. The Morgan fingerprint density at radius 3 is 1.32 bits per heavy atom. The van der Waals surface area contributed by atoms with Crippen molar-refractivity contribution in [3.05, 3.63) is 148 Å². The summed E-state index contributed by atoms with van der Waals surface area (Å²) in [4.78, 5) is 78.2. The minimum absolute atomic E-state index is 0.194. The monoisotopic (exact) mass is 722 g/mol. The largest absolute Gasteiger partial charge is 0.443 e. The van der Waals surface area contributed by atoms with E-state index in [0.717, 1.165) is 12.1 Å². The van der Waals surface area contributed by atoms with Crippen LogP contribution in [0.2, 0.25) is 0 Å². The highest BCUT2D eigenvalue weighted by atomic mass is 16.6. The molecule has 6 aromatic rings. The quantitative estimate of drug-likeness (QED) is 0.0607. The molecule has 0 saturated carbocycles. The number of rotatable bonds is 14. The lowest BCUT2D eigenvalue weighted by atomic mass is 9.95. The zero-order chi connectivity index (χ0) is 38.1. The number of nitrogens with one attached hydrogen (secondary N) is 2. The van der Waals surface area contributed by atoms with Crippen molar-refractivity contribution in [1.82, 2.24) is 9.97 Å². The van der Waals surface area contributed by atoms with Gasteiger partial charge >= 0.3 is 11.4 Å². The Balaban J connectivity index is 1.42. The Morgan fingerprint density at radius 2 is 0.962 bits per heavy atom. The number of H-pyrrole nitrogens is 2. The van der Waals surface area contributed by atoms with Gasteiger partial charge in [-0.2, -0.15) is 0 Å². The maximum absolute atomic E-state index is 13.7. The molecule has 0 spiro atoms. The van der Waals surface area contributed by atoms with Crippen LogP contribution < -0.4 is 16.2 Å². The number of aromatic amines is 2. The van der Waals surface area contributed by atoms with Gasteiger partial charge < -0.3 is 26.2 Å². The van der Waals surface area contributed by atoms with Crippen molar-refractivity contribution in [3.8, 4) is 11.5 Å². The molecule has 19 nitrogen and oxygen atoms in total. The van der Waals surface area contributed by atoms with E-state index in [-0.39, 0.29) is 12.8 Å². The summed E-state index contributed by atoms with van der Waals surface area (Å²) >= 11 is 0. The standard InChI is InChI=1S/C34H26N8O11/c35-21(13-17-15-37-23-7-3-1-5-19(17)23)33(43)29-25(39(45)46)9-11-27(31(29)41(49)50)53-28-12-10-26(40(47)48)30(32(28)42(51)52)34(44)22(36)14-18-16-38-24-8-4-2-6-20(18)24/h1-12,15-16,21-22,37-38H,13-14,35-36H2/t21-,22-/m0/s1. The number of nitro benzene ring substituents is 4. The maximum atomic E-state index is 13.7. The zero-order valence-electron chi connectivity index (χ0n) is 27.1. The molecule has 19 heteroatoms. The normalized spacial score (nSPS) is 12.3. The van der Waals surface area contributed by atoms with Crippen molar-refractivity contribution in [2.75, 3.05) is 0 Å². The molecule has 2 aromatic heterocycles. The van der Waals surface area contributed by atoms with E-state index in [2.05, 4.69) is 9.97 Å². The van der Waals surface area contributed by atoms with Crippen LogP contribution in [0, 0.1) is 40.5 Å². The van der Waals surface area contributed by atoms with E-state index in [0.29, 0.717) is 45.1 Å². The number of nitrogens with two attached hydrogens (primary N) is 2. The van der Waals surface area contributed by atoms with E-state index in [1.165, 1.54) is 0 Å². The molecule has 0 radical (unpaired) electrons. The molecular weight excluding hydrogens is 696 g/mol. The Morgan fingerprint density at radius 1 is 0.585 bits per heavy atom. The summed E-state index contributed by atoms with van der Waals surface area (Å²) in [5.41, 5.74) is 8.26. The fourth-order valence-corrected chi connectivity index (χ4v) is 6.19. The van der Waals surface area contributed by atoms with Gasteiger partial charge in [0, 0.05) is 46.3 Å². The molecule has 0 saturated heterocycles. The number of ketones is 2. The molecule has 2 heterocycles. The highest BCUT2D eigenvalue weighted by molar-refractivity contribution is 6.09. The molecule has 6 N–H and O–H groups in total. The van der Waals surface area contributed by atoms with Crippen LogP contribution in [0.5, 0.6) is 11.5 Å². The minimum Gasteiger partial charge on any atom is -0.443 e. The number of ether oxygens (including phenoxy) is 1. The Labute approximate surface area is 295 Å². The van der Waals surface area contributed by atoms with Crippen molar-refractivity contribution < 1.29 is 34.0 Å². The van der Waals surface area contributed by atoms with Gasteiger partial charge in [0.2, 0.25) is 11.5 Å². The van der Waals surface area contributed by atoms with E-state index in [9.17, 15) is 50.0 Å². The molecule has 0 bridgehead atoms. The van der Waals surface area contributed by atoms with Crippen LogP contribution in [-0.4, -0.2) is 53.3 Å². The molecule has 0 amide bonds. The first kappa shape index (κ1) is 35.4. The van der Waals surface area contributed by atoms with Crippen LogP contribution in [0.25, 0.3) is 21.8 Å². The number of carbonyl (C=O) groups excluding carboxylic acids is 2. The summed E-state index contributed by atoms with van der Waals surface area (Å²) in [6.45, 7) is 0. The number of aromatic nitrogens is 2. The summed E-state index contributed by atoms with van der Waals surface area (Å²) in [5, 5.41) is 50.5. The van der Waals surface area contributed by atoms with Crippen molar-refractivity contribution >= 4 is 56.1 Å². The second-order valence-electron chi connectivity index (χ2n) is 11.8. The fourth-order valence-electron chi connectivity index (χ4n) is 6.19. The van der Waals surface area contributed by atoms with Gasteiger partial charge in [-0.3, -0.25) is 50.0 Å². The van der Waals surface area contributed by atoms with Crippen molar-refractivity contribution in [1.29, 1.82) is 0 Å². The van der Waals surface area contributed by atoms with Crippen LogP contribution in [-0.2, 0) is 12.8 Å². The van der Waals surface area contributed by atoms with Gasteiger partial charge in [-0.1, -0.05) is 36.4 Å². The number of hydrogen-bond acceptors (Lipinski definition) is 13. The van der Waals surface area contributed by atoms with Gasteiger partial charge in [0.15, 0.2) is 22.7 Å². The molecule has 6 rings (SSSR count). The lowest BCUT2D eigenvalue weighted by molar-refractivity contribution is -0.396. The van der Waals surface area contributed by atoms with E-state index in [4.69, 9.17) is 16.2 Å². The first-order chi connectivity index (χ1) is 25.3. The number of hydrogen-bond donors (Lipinski definition) is 4. The van der Waals surface area contributed by atoms with Gasteiger partial charge in [0.05, 0.1) is 31.8 Å². The second kappa shape index (κ2) is 14.1. The molecule has 0 aliphatic carbocycles. The zero-order valence-corrected chi connectivity index (χ0v) is 27.1. The van der Waals surface area contributed by atoms with E-state index in [1.54, 1.807) is 60.9 Å². The Kier molecular flexibility index (Phi) is 9.42. The smallest absolute Gasteiger partial charge is 0.329 e. The van der Waals surface area contributed by atoms with Crippen molar-refractivity contribution in [3.63, 3.8) is 0 Å². The fraction of sp³-hybridized carbons (Fsp3) is 0.118. The lowest BCUT2D eigenvalue weighted by Gasteiger charge is -2.15. The van der Waals surface area contributed by atoms with Gasteiger partial charge in [0.1, 0.15) is 0 Å². The highest BCUT2D eigenvalue weighted by Gasteiger charge is 2.41. The minimum atomic E-state index is -1.54. The molecule has 0 aliphatic rings. The lowest BCUT2D eigenvalue weighted by Crippen LogP contribution is -2.33. The third-order valence-corrected chi connectivity index (χ3v) is 8.61. The summed E-state index contributed by atoms with van der Waals surface area (Å²) in [5.74, 6) is -4.20. The molecule has 53 heavy (non-hydrogen) atoms. The summed E-state index contributed by atoms with van der Waals surface area (Å²) in [6, 6.07) is 13.8. The number of nitrogens with zero attached hydrogens (tertiary/aromatic N) is 4. The van der Waals surface area contributed by atoms with Gasteiger partial charge in [0.25, 0.3) is 11.4 Å². The number of Topliss-reactive ketones (excluding diaryl/α,β-unsaturated/α-hetero) is 2. The molecule has 0 unspecified atom stereocenters. The summed E-state index contributed by atoms with van der Waals surface area (Å²) < 4.78 is 5.58. The first-order valence-electron chi connectivity index (χ1n) is 15.6. The van der Waals surface area contributed by atoms with Gasteiger partial charge in [-0.25, -0.2) is 0 Å². The molecule has 0 aliphatic heterocycles. The number of benzene rings is 4. The average molecular weight is 723 g/mol. The molecular formula is C34H26N8O11. The predicted molar refractivity (Wildman–Crippen MR) is 188 cm³/mol.